The Morgan fingerprint density at radius 2 is 0.479 bits per heavy atom. The lowest BCUT2D eigenvalue weighted by molar-refractivity contribution is 1.25. The number of benzene rings is 2. The molecular formula is C42H28N6. The number of nitrogens with zero attached hydrogens (tertiary/aromatic N) is 6. The minimum atomic E-state index is 0.822. The zero-order chi connectivity index (χ0) is 32.1. The van der Waals surface area contributed by atoms with Gasteiger partial charge < -0.3 is 0 Å². The van der Waals surface area contributed by atoms with E-state index in [0.29, 0.717) is 0 Å². The number of hydrogen-bond acceptors (Lipinski definition) is 6. The number of pyridine rings is 6. The summed E-state index contributed by atoms with van der Waals surface area (Å²) in [7, 11) is 0. The van der Waals surface area contributed by atoms with Gasteiger partial charge in [-0.1, -0.05) is 60.7 Å². The summed E-state index contributed by atoms with van der Waals surface area (Å²) in [5.41, 5.74) is 13.9. The van der Waals surface area contributed by atoms with Crippen molar-refractivity contribution in [2.45, 2.75) is 0 Å². The Labute approximate surface area is 278 Å². The van der Waals surface area contributed by atoms with Crippen LogP contribution in [0.4, 0.5) is 0 Å². The van der Waals surface area contributed by atoms with E-state index in [0.717, 1.165) is 78.7 Å². The smallest absolute Gasteiger partial charge is 0.0892 e. The van der Waals surface area contributed by atoms with Gasteiger partial charge in [-0.3, -0.25) is 29.9 Å². The topological polar surface area (TPSA) is 77.3 Å². The van der Waals surface area contributed by atoms with Crippen molar-refractivity contribution < 1.29 is 0 Å². The molecule has 6 heterocycles. The van der Waals surface area contributed by atoms with Crippen molar-refractivity contribution in [3.8, 4) is 78.7 Å². The first-order chi connectivity index (χ1) is 23.8. The Hall–Kier alpha value is -6.66. The van der Waals surface area contributed by atoms with Gasteiger partial charge in [-0.2, -0.15) is 0 Å². The molecular weight excluding hydrogens is 589 g/mol. The summed E-state index contributed by atoms with van der Waals surface area (Å²) in [4.78, 5) is 27.3. The van der Waals surface area contributed by atoms with Crippen LogP contribution in [0.5, 0.6) is 0 Å². The summed E-state index contributed by atoms with van der Waals surface area (Å²) in [6.45, 7) is 0. The van der Waals surface area contributed by atoms with Crippen LogP contribution in [0, 0.1) is 0 Å². The molecule has 0 aliphatic carbocycles. The van der Waals surface area contributed by atoms with E-state index in [9.17, 15) is 0 Å². The van der Waals surface area contributed by atoms with Gasteiger partial charge in [0, 0.05) is 37.2 Å². The van der Waals surface area contributed by atoms with Gasteiger partial charge in [-0.05, 0) is 117 Å². The van der Waals surface area contributed by atoms with Gasteiger partial charge in [-0.25, -0.2) is 0 Å². The van der Waals surface area contributed by atoms with Crippen LogP contribution in [0.1, 0.15) is 0 Å². The summed E-state index contributed by atoms with van der Waals surface area (Å²) in [6.07, 6.45) is 10.9. The average Bonchev–Trinajstić information content (AvgIpc) is 3.19. The maximum Gasteiger partial charge on any atom is 0.0892 e. The average molecular weight is 617 g/mol. The molecule has 2 aromatic carbocycles. The summed E-state index contributed by atoms with van der Waals surface area (Å²) in [5, 5.41) is 0. The lowest BCUT2D eigenvalue weighted by Gasteiger charge is -2.09. The van der Waals surface area contributed by atoms with Crippen LogP contribution in [0.2, 0.25) is 0 Å². The molecule has 0 atom stereocenters. The molecule has 0 saturated heterocycles. The van der Waals surface area contributed by atoms with Crippen LogP contribution in [-0.4, -0.2) is 29.9 Å². The number of hydrogen-bond donors (Lipinski definition) is 0. The zero-order valence-electron chi connectivity index (χ0n) is 25.8. The van der Waals surface area contributed by atoms with Gasteiger partial charge in [0.05, 0.1) is 34.2 Å². The van der Waals surface area contributed by atoms with E-state index in [-0.39, 0.29) is 0 Å². The molecule has 0 N–H and O–H groups in total. The highest BCUT2D eigenvalue weighted by Crippen LogP contribution is 2.31. The van der Waals surface area contributed by atoms with Gasteiger partial charge in [-0.15, -0.1) is 0 Å². The summed E-state index contributed by atoms with van der Waals surface area (Å²) in [6, 6.07) is 45.3. The van der Waals surface area contributed by atoms with Crippen molar-refractivity contribution in [1.82, 2.24) is 29.9 Å². The SMILES string of the molecule is c1ccc(-c2cc(-c3ccc(-c4ccnc(-c5cc(-c6ccc(-c7ccnc(-c8ccccn8)c7)cc6)ccn5)c4)cc3)ccn2)nc1. The fourth-order valence-corrected chi connectivity index (χ4v) is 5.74. The second kappa shape index (κ2) is 13.0. The molecule has 8 rings (SSSR count). The molecule has 0 radical (unpaired) electrons. The zero-order valence-corrected chi connectivity index (χ0v) is 25.8. The molecule has 6 aromatic heterocycles. The third kappa shape index (κ3) is 6.10. The van der Waals surface area contributed by atoms with Crippen molar-refractivity contribution in [2.24, 2.45) is 0 Å². The van der Waals surface area contributed by atoms with Crippen LogP contribution in [0.15, 0.2) is 171 Å². The number of rotatable bonds is 7. The molecule has 0 aliphatic rings. The second-order valence-electron chi connectivity index (χ2n) is 11.3. The minimum absolute atomic E-state index is 0.822. The second-order valence-corrected chi connectivity index (χ2v) is 11.3. The van der Waals surface area contributed by atoms with Crippen LogP contribution < -0.4 is 0 Å². The van der Waals surface area contributed by atoms with Crippen LogP contribution in [0.25, 0.3) is 78.7 Å². The van der Waals surface area contributed by atoms with Crippen LogP contribution in [0.3, 0.4) is 0 Å². The maximum absolute atomic E-state index is 4.67. The molecule has 8 aromatic rings. The molecule has 0 saturated carbocycles. The maximum atomic E-state index is 4.67. The van der Waals surface area contributed by atoms with Gasteiger partial charge in [0.1, 0.15) is 0 Å². The molecule has 6 heteroatoms. The lowest BCUT2D eigenvalue weighted by Crippen LogP contribution is -1.90. The van der Waals surface area contributed by atoms with Gasteiger partial charge in [0.25, 0.3) is 0 Å². The van der Waals surface area contributed by atoms with Gasteiger partial charge in [0.15, 0.2) is 0 Å². The fourth-order valence-electron chi connectivity index (χ4n) is 5.74. The molecule has 0 fully saturated rings. The van der Waals surface area contributed by atoms with E-state index in [1.807, 2.05) is 85.5 Å². The van der Waals surface area contributed by atoms with E-state index >= 15 is 0 Å². The normalized spacial score (nSPS) is 10.9. The van der Waals surface area contributed by atoms with E-state index in [1.165, 1.54) is 0 Å². The van der Waals surface area contributed by atoms with Crippen LogP contribution in [-0.2, 0) is 0 Å². The van der Waals surface area contributed by atoms with Crippen LogP contribution >= 0.6 is 0 Å². The molecule has 226 valence electrons. The van der Waals surface area contributed by atoms with E-state index in [4.69, 9.17) is 0 Å². The van der Waals surface area contributed by atoms with Gasteiger partial charge in [0.2, 0.25) is 0 Å². The predicted octanol–water partition coefficient (Wildman–Crippen LogP) is 9.73. The Bertz CT molecular complexity index is 2150. The molecule has 48 heavy (non-hydrogen) atoms. The fraction of sp³-hybridized carbons (Fsp3) is 0. The highest BCUT2D eigenvalue weighted by atomic mass is 14.8. The lowest BCUT2D eigenvalue weighted by atomic mass is 9.99. The van der Waals surface area contributed by atoms with Crippen molar-refractivity contribution >= 4 is 0 Å². The standard InChI is InChI=1S/C42H28N6/c1-3-19-43-37(5-1)39-25-33(15-21-45-39)29-7-11-31(12-8-29)35-17-23-47-41(27-35)42-28-36(18-24-48-42)32-13-9-30(10-14-32)34-16-22-46-40(26-34)38-6-2-4-20-44-38/h1-28H. The summed E-state index contributed by atoms with van der Waals surface area (Å²) < 4.78 is 0. The largest absolute Gasteiger partial charge is 0.255 e. The van der Waals surface area contributed by atoms with Crippen molar-refractivity contribution in [2.75, 3.05) is 0 Å². The van der Waals surface area contributed by atoms with Gasteiger partial charge >= 0.3 is 0 Å². The molecule has 0 aliphatic heterocycles. The quantitative estimate of drug-likeness (QED) is 0.177. The Balaban J connectivity index is 1.02. The Morgan fingerprint density at radius 1 is 0.208 bits per heavy atom. The summed E-state index contributed by atoms with van der Waals surface area (Å²) in [5.74, 6) is 0. The highest BCUT2D eigenvalue weighted by molar-refractivity contribution is 5.77. The Morgan fingerprint density at radius 3 is 0.750 bits per heavy atom. The third-order valence-electron chi connectivity index (χ3n) is 8.26. The number of aromatic nitrogens is 6. The van der Waals surface area contributed by atoms with Crippen molar-refractivity contribution in [3.05, 3.63) is 171 Å². The third-order valence-corrected chi connectivity index (χ3v) is 8.26. The first-order valence-corrected chi connectivity index (χ1v) is 15.7. The van der Waals surface area contributed by atoms with E-state index in [1.54, 1.807) is 12.4 Å². The molecule has 0 amide bonds. The Kier molecular flexibility index (Phi) is 7.79. The minimum Gasteiger partial charge on any atom is -0.255 e. The predicted molar refractivity (Wildman–Crippen MR) is 191 cm³/mol. The van der Waals surface area contributed by atoms with Crippen molar-refractivity contribution in [3.63, 3.8) is 0 Å². The first kappa shape index (κ1) is 28.8. The van der Waals surface area contributed by atoms with Crippen molar-refractivity contribution in [1.29, 1.82) is 0 Å². The monoisotopic (exact) mass is 616 g/mol. The van der Waals surface area contributed by atoms with E-state index < -0.39 is 0 Å². The molecule has 0 spiro atoms. The summed E-state index contributed by atoms with van der Waals surface area (Å²) >= 11 is 0. The first-order valence-electron chi connectivity index (χ1n) is 15.7. The highest BCUT2D eigenvalue weighted by Gasteiger charge is 2.10. The molecule has 0 unspecified atom stereocenters. The molecule has 6 nitrogen and oxygen atoms in total. The van der Waals surface area contributed by atoms with E-state index in [2.05, 4.69) is 103 Å². The molecule has 0 bridgehead atoms.